The molecule has 0 saturated carbocycles. The van der Waals surface area contributed by atoms with Gasteiger partial charge in [-0.2, -0.15) is 5.26 Å². The molecule has 2 aromatic heterocycles. The first-order chi connectivity index (χ1) is 13.0. The lowest BCUT2D eigenvalue weighted by molar-refractivity contribution is 0.0531. The number of hydrogen-bond acceptors (Lipinski definition) is 6. The molecule has 7 nitrogen and oxygen atoms in total. The van der Waals surface area contributed by atoms with Crippen LogP contribution in [0.2, 0.25) is 0 Å². The third-order valence-corrected chi connectivity index (χ3v) is 5.13. The second-order valence-electron chi connectivity index (χ2n) is 5.64. The number of esters is 1. The number of nitrogens with one attached hydrogen (secondary N) is 2. The number of nitriles is 1. The molecule has 3 aromatic rings. The van der Waals surface area contributed by atoms with Crippen LogP contribution in [-0.2, 0) is 4.74 Å². The van der Waals surface area contributed by atoms with Crippen LogP contribution in [0.1, 0.15) is 38.1 Å². The lowest BCUT2D eigenvalue weighted by Crippen LogP contribution is -2.16. The van der Waals surface area contributed by atoms with E-state index in [1.807, 2.05) is 6.07 Å². The van der Waals surface area contributed by atoms with Crippen LogP contribution < -0.4 is 10.9 Å². The highest BCUT2D eigenvalue weighted by Gasteiger charge is 2.23. The van der Waals surface area contributed by atoms with Crippen molar-refractivity contribution < 1.29 is 14.3 Å². The number of H-pyrrole nitrogens is 1. The van der Waals surface area contributed by atoms with Gasteiger partial charge in [-0.25, -0.2) is 4.79 Å². The molecule has 0 spiro atoms. The Morgan fingerprint density at radius 1 is 1.33 bits per heavy atom. The predicted molar refractivity (Wildman–Crippen MR) is 102 cm³/mol. The van der Waals surface area contributed by atoms with Gasteiger partial charge in [-0.3, -0.25) is 9.59 Å². The molecule has 136 valence electrons. The lowest BCUT2D eigenvalue weighted by Gasteiger charge is -2.06. The topological polar surface area (TPSA) is 112 Å². The molecular formula is C19H15N3O4S. The summed E-state index contributed by atoms with van der Waals surface area (Å²) in [4.78, 5) is 39.6. The first-order valence-corrected chi connectivity index (χ1v) is 8.92. The van der Waals surface area contributed by atoms with Crippen molar-refractivity contribution in [1.29, 1.82) is 5.26 Å². The molecular weight excluding hydrogens is 366 g/mol. The van der Waals surface area contributed by atoms with E-state index in [4.69, 9.17) is 4.74 Å². The molecule has 0 bridgehead atoms. The Hall–Kier alpha value is -3.44. The SMILES string of the molecule is CCOC(=O)c1sc(NC(=O)c2cc(=O)[nH]c3ccccc23)c(C#N)c1C. The molecule has 1 amide bonds. The summed E-state index contributed by atoms with van der Waals surface area (Å²) in [5.41, 5.74) is 0.957. The van der Waals surface area contributed by atoms with Crippen LogP contribution in [0.5, 0.6) is 0 Å². The molecule has 0 unspecified atom stereocenters. The summed E-state index contributed by atoms with van der Waals surface area (Å²) in [5.74, 6) is -1.08. The number of aromatic amines is 1. The number of carbonyl (C=O) groups is 2. The monoisotopic (exact) mass is 381 g/mol. The van der Waals surface area contributed by atoms with E-state index in [1.165, 1.54) is 6.07 Å². The fourth-order valence-corrected chi connectivity index (χ4v) is 3.74. The van der Waals surface area contributed by atoms with Crippen molar-refractivity contribution in [2.24, 2.45) is 0 Å². The van der Waals surface area contributed by atoms with E-state index in [2.05, 4.69) is 10.3 Å². The average molecular weight is 381 g/mol. The minimum absolute atomic E-state index is 0.182. The fraction of sp³-hybridized carbons (Fsp3) is 0.158. The van der Waals surface area contributed by atoms with E-state index in [0.717, 1.165) is 11.3 Å². The summed E-state index contributed by atoms with van der Waals surface area (Å²) < 4.78 is 4.99. The zero-order valence-electron chi connectivity index (χ0n) is 14.6. The third kappa shape index (κ3) is 3.45. The molecule has 1 aromatic carbocycles. The minimum atomic E-state index is -0.543. The number of anilines is 1. The van der Waals surface area contributed by atoms with Gasteiger partial charge in [0.25, 0.3) is 5.91 Å². The summed E-state index contributed by atoms with van der Waals surface area (Å²) in [7, 11) is 0. The Labute approximate surface area is 158 Å². The molecule has 8 heteroatoms. The van der Waals surface area contributed by atoms with Gasteiger partial charge in [-0.05, 0) is 25.5 Å². The Morgan fingerprint density at radius 2 is 2.07 bits per heavy atom. The van der Waals surface area contributed by atoms with Gasteiger partial charge in [0.15, 0.2) is 0 Å². The molecule has 0 aliphatic heterocycles. The maximum Gasteiger partial charge on any atom is 0.348 e. The van der Waals surface area contributed by atoms with E-state index < -0.39 is 17.4 Å². The van der Waals surface area contributed by atoms with Crippen LogP contribution in [0, 0.1) is 18.3 Å². The summed E-state index contributed by atoms with van der Waals surface area (Å²) in [6.07, 6.45) is 0. The number of rotatable bonds is 4. The van der Waals surface area contributed by atoms with Gasteiger partial charge in [-0.15, -0.1) is 11.3 Å². The number of aromatic nitrogens is 1. The number of para-hydroxylation sites is 1. The molecule has 3 rings (SSSR count). The number of ether oxygens (including phenoxy) is 1. The number of fused-ring (bicyclic) bond motifs is 1. The van der Waals surface area contributed by atoms with Gasteiger partial charge < -0.3 is 15.0 Å². The second kappa shape index (κ2) is 7.43. The maximum atomic E-state index is 12.8. The maximum absolute atomic E-state index is 12.8. The summed E-state index contributed by atoms with van der Waals surface area (Å²) in [6.45, 7) is 3.52. The average Bonchev–Trinajstić information content (AvgIpc) is 2.96. The van der Waals surface area contributed by atoms with E-state index in [9.17, 15) is 19.6 Å². The van der Waals surface area contributed by atoms with Gasteiger partial charge in [0.1, 0.15) is 15.9 Å². The van der Waals surface area contributed by atoms with Crippen molar-refractivity contribution in [3.8, 4) is 6.07 Å². The van der Waals surface area contributed by atoms with Crippen molar-refractivity contribution in [1.82, 2.24) is 4.98 Å². The number of carbonyl (C=O) groups excluding carboxylic acids is 2. The van der Waals surface area contributed by atoms with Crippen LogP contribution in [0.25, 0.3) is 10.9 Å². The standard InChI is InChI=1S/C19H15N3O4S/c1-3-26-19(25)16-10(2)13(9-20)18(27-16)22-17(24)12-8-15(23)21-14-7-5-4-6-11(12)14/h4-8H,3H2,1-2H3,(H,21,23)(H,22,24). The fourth-order valence-electron chi connectivity index (χ4n) is 2.69. The van der Waals surface area contributed by atoms with Crippen molar-refractivity contribution in [3.05, 3.63) is 62.3 Å². The molecule has 27 heavy (non-hydrogen) atoms. The molecule has 0 fully saturated rings. The summed E-state index contributed by atoms with van der Waals surface area (Å²) in [6, 6.07) is 10.1. The predicted octanol–water partition coefficient (Wildman–Crippen LogP) is 3.20. The molecule has 0 aliphatic rings. The number of pyridine rings is 1. The Kier molecular flexibility index (Phi) is 5.05. The summed E-state index contributed by atoms with van der Waals surface area (Å²) >= 11 is 0.976. The number of benzene rings is 1. The van der Waals surface area contributed by atoms with Crippen molar-refractivity contribution in [2.45, 2.75) is 13.8 Å². The third-order valence-electron chi connectivity index (χ3n) is 3.94. The Morgan fingerprint density at radius 3 is 2.78 bits per heavy atom. The van der Waals surface area contributed by atoms with Crippen LogP contribution in [-0.4, -0.2) is 23.5 Å². The first kappa shape index (κ1) is 18.4. The zero-order chi connectivity index (χ0) is 19.6. The normalized spacial score (nSPS) is 10.4. The molecule has 2 N–H and O–H groups in total. The van der Waals surface area contributed by atoms with Crippen molar-refractivity contribution in [2.75, 3.05) is 11.9 Å². The quantitative estimate of drug-likeness (QED) is 0.674. The van der Waals surface area contributed by atoms with E-state index in [0.29, 0.717) is 16.5 Å². The van der Waals surface area contributed by atoms with Crippen molar-refractivity contribution >= 4 is 39.1 Å². The van der Waals surface area contributed by atoms with Crippen LogP contribution in [0.15, 0.2) is 35.1 Å². The highest BCUT2D eigenvalue weighted by molar-refractivity contribution is 7.18. The smallest absolute Gasteiger partial charge is 0.348 e. The second-order valence-corrected chi connectivity index (χ2v) is 6.66. The first-order valence-electron chi connectivity index (χ1n) is 8.10. The molecule has 0 saturated heterocycles. The molecule has 0 aliphatic carbocycles. The van der Waals surface area contributed by atoms with E-state index in [-0.39, 0.29) is 27.6 Å². The van der Waals surface area contributed by atoms with Gasteiger partial charge in [0.2, 0.25) is 5.56 Å². The highest BCUT2D eigenvalue weighted by Crippen LogP contribution is 2.33. The van der Waals surface area contributed by atoms with E-state index >= 15 is 0 Å². The zero-order valence-corrected chi connectivity index (χ0v) is 15.4. The lowest BCUT2D eigenvalue weighted by atomic mass is 10.1. The Balaban J connectivity index is 2.03. The number of hydrogen-bond donors (Lipinski definition) is 2. The summed E-state index contributed by atoms with van der Waals surface area (Å²) in [5, 5.41) is 12.9. The van der Waals surface area contributed by atoms with Gasteiger partial charge in [-0.1, -0.05) is 18.2 Å². The number of nitrogens with zero attached hydrogens (tertiary/aromatic N) is 1. The molecule has 2 heterocycles. The van der Waals surface area contributed by atoms with Gasteiger partial charge in [0.05, 0.1) is 17.7 Å². The largest absolute Gasteiger partial charge is 0.462 e. The van der Waals surface area contributed by atoms with Gasteiger partial charge in [0, 0.05) is 17.0 Å². The molecule has 0 atom stereocenters. The van der Waals surface area contributed by atoms with Crippen LogP contribution >= 0.6 is 11.3 Å². The Bertz CT molecular complexity index is 1150. The highest BCUT2D eigenvalue weighted by atomic mass is 32.1. The van der Waals surface area contributed by atoms with Crippen LogP contribution in [0.3, 0.4) is 0 Å². The number of amides is 1. The minimum Gasteiger partial charge on any atom is -0.462 e. The van der Waals surface area contributed by atoms with Crippen molar-refractivity contribution in [3.63, 3.8) is 0 Å². The number of thiophene rings is 1. The molecule has 0 radical (unpaired) electrons. The van der Waals surface area contributed by atoms with E-state index in [1.54, 1.807) is 38.1 Å². The van der Waals surface area contributed by atoms with Crippen LogP contribution in [0.4, 0.5) is 5.00 Å². The van der Waals surface area contributed by atoms with Gasteiger partial charge >= 0.3 is 5.97 Å².